The van der Waals surface area contributed by atoms with Crippen LogP contribution in [0.3, 0.4) is 0 Å². The van der Waals surface area contributed by atoms with Crippen molar-refractivity contribution in [3.63, 3.8) is 0 Å². The SMILES string of the molecule is CC(C)Oc1ncccc1NC1CCc2c(Br)cccc21. The van der Waals surface area contributed by atoms with Crippen LogP contribution in [0.5, 0.6) is 5.88 Å². The zero-order chi connectivity index (χ0) is 14.8. The Bertz CT molecular complexity index is 642. The molecule has 4 heteroatoms. The largest absolute Gasteiger partial charge is 0.473 e. The monoisotopic (exact) mass is 346 g/mol. The molecular weight excluding hydrogens is 328 g/mol. The van der Waals surface area contributed by atoms with Crippen molar-refractivity contribution in [2.24, 2.45) is 0 Å². The Morgan fingerprint density at radius 2 is 2.14 bits per heavy atom. The third-order valence-corrected chi connectivity index (χ3v) is 4.40. The first-order chi connectivity index (χ1) is 10.1. The van der Waals surface area contributed by atoms with Crippen LogP contribution in [-0.4, -0.2) is 11.1 Å². The number of halogens is 1. The van der Waals surface area contributed by atoms with Crippen molar-refractivity contribution in [2.75, 3.05) is 5.32 Å². The number of ether oxygens (including phenoxy) is 1. The fraction of sp³-hybridized carbons (Fsp3) is 0.353. The van der Waals surface area contributed by atoms with E-state index < -0.39 is 0 Å². The predicted octanol–water partition coefficient (Wildman–Crippen LogP) is 4.73. The molecule has 0 amide bonds. The van der Waals surface area contributed by atoms with E-state index in [1.807, 2.05) is 26.0 Å². The van der Waals surface area contributed by atoms with Gasteiger partial charge in [0, 0.05) is 10.7 Å². The molecule has 0 spiro atoms. The van der Waals surface area contributed by atoms with E-state index in [4.69, 9.17) is 4.74 Å². The summed E-state index contributed by atoms with van der Waals surface area (Å²) in [5.74, 6) is 0.677. The molecule has 1 unspecified atom stereocenters. The lowest BCUT2D eigenvalue weighted by atomic mass is 10.1. The highest BCUT2D eigenvalue weighted by Gasteiger charge is 2.24. The van der Waals surface area contributed by atoms with Crippen LogP contribution in [0.25, 0.3) is 0 Å². The van der Waals surface area contributed by atoms with E-state index in [1.54, 1.807) is 6.20 Å². The summed E-state index contributed by atoms with van der Waals surface area (Å²) < 4.78 is 6.99. The van der Waals surface area contributed by atoms with Gasteiger partial charge in [-0.2, -0.15) is 0 Å². The number of pyridine rings is 1. The first-order valence-corrected chi connectivity index (χ1v) is 8.10. The molecule has 1 aliphatic rings. The number of aromatic nitrogens is 1. The van der Waals surface area contributed by atoms with Crippen LogP contribution in [0, 0.1) is 0 Å². The summed E-state index contributed by atoms with van der Waals surface area (Å²) in [6.45, 7) is 4.03. The quantitative estimate of drug-likeness (QED) is 0.868. The summed E-state index contributed by atoms with van der Waals surface area (Å²) in [6.07, 6.45) is 4.07. The van der Waals surface area contributed by atoms with Crippen LogP contribution < -0.4 is 10.1 Å². The Kier molecular flexibility index (Phi) is 4.15. The third kappa shape index (κ3) is 3.05. The van der Waals surface area contributed by atoms with Gasteiger partial charge in [-0.05, 0) is 56.0 Å². The highest BCUT2D eigenvalue weighted by molar-refractivity contribution is 9.10. The summed E-state index contributed by atoms with van der Waals surface area (Å²) in [6, 6.07) is 10.7. The van der Waals surface area contributed by atoms with Crippen molar-refractivity contribution in [2.45, 2.75) is 38.8 Å². The molecule has 1 aliphatic carbocycles. The Balaban J connectivity index is 1.85. The van der Waals surface area contributed by atoms with Gasteiger partial charge in [-0.25, -0.2) is 4.98 Å². The molecule has 0 aliphatic heterocycles. The van der Waals surface area contributed by atoms with Gasteiger partial charge in [-0.1, -0.05) is 28.1 Å². The van der Waals surface area contributed by atoms with Gasteiger partial charge in [0.25, 0.3) is 0 Å². The summed E-state index contributed by atoms with van der Waals surface area (Å²) in [4.78, 5) is 4.34. The number of anilines is 1. The number of rotatable bonds is 4. The fourth-order valence-corrected chi connectivity index (χ4v) is 3.34. The first kappa shape index (κ1) is 14.4. The molecule has 1 aromatic heterocycles. The number of hydrogen-bond acceptors (Lipinski definition) is 3. The number of nitrogens with zero attached hydrogens (tertiary/aromatic N) is 1. The molecule has 0 saturated heterocycles. The standard InChI is InChI=1S/C17H19BrN2O/c1-11(2)21-17-16(7-4-10-19-17)20-15-9-8-12-13(15)5-3-6-14(12)18/h3-7,10-11,15,20H,8-9H2,1-2H3. The molecule has 1 aromatic carbocycles. The second kappa shape index (κ2) is 6.06. The molecule has 1 atom stereocenters. The minimum absolute atomic E-state index is 0.116. The van der Waals surface area contributed by atoms with Crippen LogP contribution in [0.2, 0.25) is 0 Å². The number of hydrogen-bond donors (Lipinski definition) is 1. The predicted molar refractivity (Wildman–Crippen MR) is 88.8 cm³/mol. The number of fused-ring (bicyclic) bond motifs is 1. The van der Waals surface area contributed by atoms with Gasteiger partial charge in [0.1, 0.15) is 0 Å². The second-order valence-corrected chi connectivity index (χ2v) is 6.42. The van der Waals surface area contributed by atoms with Crippen LogP contribution in [0.4, 0.5) is 5.69 Å². The maximum atomic E-state index is 5.78. The lowest BCUT2D eigenvalue weighted by Crippen LogP contribution is -2.12. The summed E-state index contributed by atoms with van der Waals surface area (Å²) in [5.41, 5.74) is 3.73. The highest BCUT2D eigenvalue weighted by atomic mass is 79.9. The molecule has 3 nitrogen and oxygen atoms in total. The molecule has 3 rings (SSSR count). The fourth-order valence-electron chi connectivity index (χ4n) is 2.77. The summed E-state index contributed by atoms with van der Waals surface area (Å²) in [5, 5.41) is 3.59. The number of nitrogens with one attached hydrogen (secondary N) is 1. The van der Waals surface area contributed by atoms with Crippen molar-refractivity contribution in [1.29, 1.82) is 0 Å². The van der Waals surface area contributed by atoms with Crippen molar-refractivity contribution in [1.82, 2.24) is 4.98 Å². The zero-order valence-electron chi connectivity index (χ0n) is 12.3. The van der Waals surface area contributed by atoms with E-state index in [0.29, 0.717) is 11.9 Å². The van der Waals surface area contributed by atoms with Gasteiger partial charge in [-0.15, -0.1) is 0 Å². The molecule has 2 aromatic rings. The lowest BCUT2D eigenvalue weighted by molar-refractivity contribution is 0.234. The first-order valence-electron chi connectivity index (χ1n) is 7.30. The Hall–Kier alpha value is -1.55. The van der Waals surface area contributed by atoms with Crippen LogP contribution in [0.1, 0.15) is 37.4 Å². The maximum absolute atomic E-state index is 5.78. The normalized spacial score (nSPS) is 16.9. The van der Waals surface area contributed by atoms with Crippen LogP contribution >= 0.6 is 15.9 Å². The Morgan fingerprint density at radius 1 is 1.29 bits per heavy atom. The van der Waals surface area contributed by atoms with E-state index in [-0.39, 0.29) is 6.10 Å². The minimum atomic E-state index is 0.116. The van der Waals surface area contributed by atoms with E-state index >= 15 is 0 Å². The Labute approximate surface area is 133 Å². The number of benzene rings is 1. The van der Waals surface area contributed by atoms with Gasteiger partial charge in [0.15, 0.2) is 0 Å². The van der Waals surface area contributed by atoms with E-state index in [9.17, 15) is 0 Å². The van der Waals surface area contributed by atoms with Crippen molar-refractivity contribution in [3.05, 3.63) is 52.1 Å². The van der Waals surface area contributed by atoms with Gasteiger partial charge in [0.05, 0.1) is 17.8 Å². The molecular formula is C17H19BrN2O. The molecule has 21 heavy (non-hydrogen) atoms. The topological polar surface area (TPSA) is 34.1 Å². The second-order valence-electron chi connectivity index (χ2n) is 5.57. The zero-order valence-corrected chi connectivity index (χ0v) is 13.9. The van der Waals surface area contributed by atoms with Crippen molar-refractivity contribution < 1.29 is 4.74 Å². The average Bonchev–Trinajstić information content (AvgIpc) is 2.85. The van der Waals surface area contributed by atoms with E-state index in [0.717, 1.165) is 18.5 Å². The maximum Gasteiger partial charge on any atom is 0.237 e. The summed E-state index contributed by atoms with van der Waals surface area (Å²) >= 11 is 3.64. The van der Waals surface area contributed by atoms with Crippen LogP contribution in [-0.2, 0) is 6.42 Å². The van der Waals surface area contributed by atoms with Gasteiger partial charge < -0.3 is 10.1 Å². The van der Waals surface area contributed by atoms with Gasteiger partial charge >= 0.3 is 0 Å². The molecule has 0 saturated carbocycles. The molecule has 1 heterocycles. The van der Waals surface area contributed by atoms with Gasteiger partial charge in [-0.3, -0.25) is 0 Å². The molecule has 110 valence electrons. The van der Waals surface area contributed by atoms with E-state index in [2.05, 4.69) is 44.4 Å². The smallest absolute Gasteiger partial charge is 0.237 e. The lowest BCUT2D eigenvalue weighted by Gasteiger charge is -2.19. The Morgan fingerprint density at radius 3 is 2.95 bits per heavy atom. The third-order valence-electron chi connectivity index (χ3n) is 3.66. The molecule has 0 bridgehead atoms. The van der Waals surface area contributed by atoms with Crippen LogP contribution in [0.15, 0.2) is 41.0 Å². The average molecular weight is 347 g/mol. The van der Waals surface area contributed by atoms with Crippen molar-refractivity contribution in [3.8, 4) is 5.88 Å². The van der Waals surface area contributed by atoms with Gasteiger partial charge in [0.2, 0.25) is 5.88 Å². The molecule has 0 radical (unpaired) electrons. The van der Waals surface area contributed by atoms with Crippen molar-refractivity contribution >= 4 is 21.6 Å². The molecule has 0 fully saturated rings. The molecule has 1 N–H and O–H groups in total. The minimum Gasteiger partial charge on any atom is -0.473 e. The van der Waals surface area contributed by atoms with E-state index in [1.165, 1.54) is 15.6 Å². The highest BCUT2D eigenvalue weighted by Crippen LogP contribution is 2.38. The summed E-state index contributed by atoms with van der Waals surface area (Å²) in [7, 11) is 0.